The van der Waals surface area contributed by atoms with E-state index in [0.717, 1.165) is 31.7 Å². The number of halogens is 3. The highest BCUT2D eigenvalue weighted by molar-refractivity contribution is 6.00. The summed E-state index contributed by atoms with van der Waals surface area (Å²) >= 11 is 0. The molecule has 5 rings (SSSR count). The van der Waals surface area contributed by atoms with Gasteiger partial charge in [0.25, 0.3) is 0 Å². The quantitative estimate of drug-likeness (QED) is 0.653. The number of rotatable bonds is 3. The van der Waals surface area contributed by atoms with Gasteiger partial charge in [0.15, 0.2) is 5.82 Å². The Labute approximate surface area is 170 Å². The number of fused-ring (bicyclic) bond motifs is 3. The summed E-state index contributed by atoms with van der Waals surface area (Å²) in [7, 11) is 0. The summed E-state index contributed by atoms with van der Waals surface area (Å²) in [5.74, 6) is 0.0681. The molecule has 0 amide bonds. The second-order valence-electron chi connectivity index (χ2n) is 7.82. The molecule has 3 aromatic rings. The normalized spacial score (nSPS) is 23.6. The minimum atomic E-state index is -4.54. The van der Waals surface area contributed by atoms with Crippen molar-refractivity contribution < 1.29 is 23.0 Å². The first-order valence-corrected chi connectivity index (χ1v) is 9.81. The standard InChI is InChI=1S/C21H19F3N4O2/c22-21(23,24)11-1-4-16(18(29)7-11)19-15-5-6-25-10-17(15)20(28-27-19)26-12-8-13-2-3-14(9-12)30-13/h1,4-7,10,12-14,29H,2-3,8-9H2,(H,26,28). The third-order valence-corrected chi connectivity index (χ3v) is 5.79. The Hall–Kier alpha value is -2.94. The van der Waals surface area contributed by atoms with Crippen LogP contribution in [-0.2, 0) is 10.9 Å². The van der Waals surface area contributed by atoms with Gasteiger partial charge < -0.3 is 15.2 Å². The Morgan fingerprint density at radius 2 is 1.80 bits per heavy atom. The maximum Gasteiger partial charge on any atom is 0.416 e. The Bertz CT molecular complexity index is 1090. The molecule has 2 atom stereocenters. The number of hydrogen-bond donors (Lipinski definition) is 2. The van der Waals surface area contributed by atoms with Gasteiger partial charge in [-0.25, -0.2) is 0 Å². The van der Waals surface area contributed by atoms with E-state index in [1.54, 1.807) is 18.5 Å². The number of hydrogen-bond acceptors (Lipinski definition) is 6. The fourth-order valence-electron chi connectivity index (χ4n) is 4.38. The minimum Gasteiger partial charge on any atom is -0.507 e. The van der Waals surface area contributed by atoms with Gasteiger partial charge in [-0.3, -0.25) is 4.98 Å². The molecule has 0 radical (unpaired) electrons. The lowest BCUT2D eigenvalue weighted by Crippen LogP contribution is -2.34. The number of aromatic hydroxyl groups is 1. The molecule has 4 heterocycles. The molecule has 2 aliphatic heterocycles. The number of nitrogens with one attached hydrogen (secondary N) is 1. The lowest BCUT2D eigenvalue weighted by atomic mass is 10.0. The molecule has 30 heavy (non-hydrogen) atoms. The molecule has 2 saturated heterocycles. The predicted molar refractivity (Wildman–Crippen MR) is 104 cm³/mol. The van der Waals surface area contributed by atoms with Crippen molar-refractivity contribution >= 4 is 16.6 Å². The average molecular weight is 416 g/mol. The van der Waals surface area contributed by atoms with E-state index in [1.165, 1.54) is 6.07 Å². The van der Waals surface area contributed by atoms with Crippen LogP contribution >= 0.6 is 0 Å². The zero-order valence-corrected chi connectivity index (χ0v) is 15.9. The molecule has 1 aromatic carbocycles. The molecule has 2 aromatic heterocycles. The fraction of sp³-hybridized carbons (Fsp3) is 0.381. The van der Waals surface area contributed by atoms with Gasteiger partial charge in [-0.2, -0.15) is 13.2 Å². The number of pyridine rings is 1. The van der Waals surface area contributed by atoms with Crippen LogP contribution in [0.15, 0.2) is 36.7 Å². The molecular formula is C21H19F3N4O2. The molecule has 2 fully saturated rings. The first kappa shape index (κ1) is 19.0. The zero-order chi connectivity index (χ0) is 20.9. The molecule has 156 valence electrons. The number of aromatic nitrogens is 3. The first-order valence-electron chi connectivity index (χ1n) is 9.81. The molecule has 6 nitrogen and oxygen atoms in total. The molecule has 0 spiro atoms. The zero-order valence-electron chi connectivity index (χ0n) is 15.9. The second kappa shape index (κ2) is 7.09. The Morgan fingerprint density at radius 1 is 1.03 bits per heavy atom. The minimum absolute atomic E-state index is 0.183. The van der Waals surface area contributed by atoms with Crippen molar-refractivity contribution in [3.05, 3.63) is 42.2 Å². The van der Waals surface area contributed by atoms with E-state index in [1.807, 2.05) is 0 Å². The van der Waals surface area contributed by atoms with E-state index in [9.17, 15) is 18.3 Å². The van der Waals surface area contributed by atoms with Crippen molar-refractivity contribution in [1.29, 1.82) is 0 Å². The molecule has 2 N–H and O–H groups in total. The SMILES string of the molecule is Oc1cc(C(F)(F)F)ccc1-c1nnc(NC2CC3CCC(C2)O3)c2cnccc12. The van der Waals surface area contributed by atoms with Gasteiger partial charge >= 0.3 is 6.18 Å². The van der Waals surface area contributed by atoms with E-state index < -0.39 is 17.5 Å². The van der Waals surface area contributed by atoms with E-state index in [-0.39, 0.29) is 23.8 Å². The summed E-state index contributed by atoms with van der Waals surface area (Å²) < 4.78 is 44.7. The molecular weight excluding hydrogens is 397 g/mol. The highest BCUT2D eigenvalue weighted by Crippen LogP contribution is 2.39. The third kappa shape index (κ3) is 3.43. The van der Waals surface area contributed by atoms with Gasteiger partial charge in [0.2, 0.25) is 0 Å². The number of ether oxygens (including phenoxy) is 1. The van der Waals surface area contributed by atoms with Crippen LogP contribution in [0.5, 0.6) is 5.75 Å². The predicted octanol–water partition coefficient (Wildman–Crippen LogP) is 4.54. The molecule has 0 aliphatic carbocycles. The molecule has 9 heteroatoms. The number of nitrogens with zero attached hydrogens (tertiary/aromatic N) is 3. The van der Waals surface area contributed by atoms with Crippen molar-refractivity contribution in [3.8, 4) is 17.0 Å². The maximum atomic E-state index is 12.9. The topological polar surface area (TPSA) is 80.2 Å². The van der Waals surface area contributed by atoms with E-state index in [0.29, 0.717) is 28.4 Å². The van der Waals surface area contributed by atoms with Gasteiger partial charge in [-0.05, 0) is 49.9 Å². The van der Waals surface area contributed by atoms with Crippen LogP contribution in [0.25, 0.3) is 22.0 Å². The molecule has 0 saturated carbocycles. The number of alkyl halides is 3. The Balaban J connectivity index is 1.52. The fourth-order valence-corrected chi connectivity index (χ4v) is 4.38. The van der Waals surface area contributed by atoms with Crippen LogP contribution < -0.4 is 5.32 Å². The largest absolute Gasteiger partial charge is 0.507 e. The van der Waals surface area contributed by atoms with Gasteiger partial charge in [0.05, 0.1) is 17.8 Å². The van der Waals surface area contributed by atoms with Gasteiger partial charge in [0.1, 0.15) is 11.4 Å². The van der Waals surface area contributed by atoms with E-state index in [4.69, 9.17) is 4.74 Å². The van der Waals surface area contributed by atoms with Gasteiger partial charge in [-0.1, -0.05) is 0 Å². The molecule has 2 bridgehead atoms. The van der Waals surface area contributed by atoms with Gasteiger partial charge in [-0.15, -0.1) is 10.2 Å². The highest BCUT2D eigenvalue weighted by atomic mass is 19.4. The maximum absolute atomic E-state index is 12.9. The van der Waals surface area contributed by atoms with E-state index >= 15 is 0 Å². The van der Waals surface area contributed by atoms with Crippen molar-refractivity contribution in [2.75, 3.05) is 5.32 Å². The average Bonchev–Trinajstić information content (AvgIpc) is 3.06. The van der Waals surface area contributed by atoms with Crippen LogP contribution in [0.3, 0.4) is 0 Å². The Kier molecular flexibility index (Phi) is 4.50. The number of phenolic OH excluding ortho intramolecular Hbond substituents is 1. The third-order valence-electron chi connectivity index (χ3n) is 5.79. The van der Waals surface area contributed by atoms with Crippen LogP contribution in [0.2, 0.25) is 0 Å². The smallest absolute Gasteiger partial charge is 0.416 e. The van der Waals surface area contributed by atoms with Crippen LogP contribution in [-0.4, -0.2) is 38.5 Å². The van der Waals surface area contributed by atoms with Crippen LogP contribution in [0, 0.1) is 0 Å². The highest BCUT2D eigenvalue weighted by Gasteiger charge is 2.35. The number of benzene rings is 1. The monoisotopic (exact) mass is 416 g/mol. The van der Waals surface area contributed by atoms with E-state index in [2.05, 4.69) is 20.5 Å². The lowest BCUT2D eigenvalue weighted by molar-refractivity contribution is -0.137. The summed E-state index contributed by atoms with van der Waals surface area (Å²) in [4.78, 5) is 4.17. The number of anilines is 1. The second-order valence-corrected chi connectivity index (χ2v) is 7.82. The molecule has 2 aliphatic rings. The summed E-state index contributed by atoms with van der Waals surface area (Å²) in [6, 6.07) is 4.77. The summed E-state index contributed by atoms with van der Waals surface area (Å²) in [5.41, 5.74) is -0.436. The van der Waals surface area contributed by atoms with Crippen molar-refractivity contribution in [2.24, 2.45) is 0 Å². The summed E-state index contributed by atoms with van der Waals surface area (Å²) in [6.45, 7) is 0. The first-order chi connectivity index (χ1) is 14.4. The van der Waals surface area contributed by atoms with Gasteiger partial charge in [0, 0.05) is 34.8 Å². The summed E-state index contributed by atoms with van der Waals surface area (Å²) in [6.07, 6.45) is 3.14. The van der Waals surface area contributed by atoms with Crippen LogP contribution in [0.1, 0.15) is 31.2 Å². The Morgan fingerprint density at radius 3 is 2.50 bits per heavy atom. The summed E-state index contributed by atoms with van der Waals surface area (Å²) in [5, 5.41) is 23.6. The number of phenols is 1. The molecule has 2 unspecified atom stereocenters. The van der Waals surface area contributed by atoms with Crippen molar-refractivity contribution in [1.82, 2.24) is 15.2 Å². The van der Waals surface area contributed by atoms with Crippen molar-refractivity contribution in [3.63, 3.8) is 0 Å². The lowest BCUT2D eigenvalue weighted by Gasteiger charge is -2.29. The van der Waals surface area contributed by atoms with Crippen LogP contribution in [0.4, 0.5) is 19.0 Å². The van der Waals surface area contributed by atoms with Crippen molar-refractivity contribution in [2.45, 2.75) is 50.1 Å².